The molecule has 7 heteroatoms. The highest BCUT2D eigenvalue weighted by Gasteiger charge is 2.16. The molecule has 0 radical (unpaired) electrons. The molecule has 0 saturated heterocycles. The van der Waals surface area contributed by atoms with Crippen molar-refractivity contribution in [3.8, 4) is 5.75 Å². The van der Waals surface area contributed by atoms with Crippen LogP contribution in [0.25, 0.3) is 0 Å². The molecule has 1 N–H and O–H groups in total. The first-order chi connectivity index (χ1) is 7.40. The van der Waals surface area contributed by atoms with Crippen molar-refractivity contribution in [3.05, 3.63) is 28.0 Å². The fraction of sp³-hybridized carbons (Fsp3) is 0.111. The van der Waals surface area contributed by atoms with Crippen LogP contribution in [-0.2, 0) is 9.59 Å². The van der Waals surface area contributed by atoms with E-state index >= 15 is 0 Å². The maximum absolute atomic E-state index is 12.8. The van der Waals surface area contributed by atoms with Crippen molar-refractivity contribution < 1.29 is 23.8 Å². The van der Waals surface area contributed by atoms with Gasteiger partial charge in [-0.25, -0.2) is 4.39 Å². The number of halogens is 3. The van der Waals surface area contributed by atoms with Crippen LogP contribution in [0.4, 0.5) is 4.39 Å². The minimum atomic E-state index is -1.35. The van der Waals surface area contributed by atoms with Gasteiger partial charge in [0.25, 0.3) is 0 Å². The van der Waals surface area contributed by atoms with Crippen molar-refractivity contribution in [3.63, 3.8) is 0 Å². The van der Waals surface area contributed by atoms with Crippen molar-refractivity contribution >= 4 is 35.1 Å². The molecule has 0 aliphatic heterocycles. The summed E-state index contributed by atoms with van der Waals surface area (Å²) in [6, 6.07) is 1.80. The van der Waals surface area contributed by atoms with Gasteiger partial charge in [0, 0.05) is 0 Å². The number of benzene rings is 1. The van der Waals surface area contributed by atoms with E-state index in [-0.39, 0.29) is 15.8 Å². The largest absolute Gasteiger partial charge is 0.481 e. The molecule has 1 aromatic rings. The number of hydrogen-bond donors (Lipinski definition) is 1. The molecular formula is C9H5Cl2FO4. The van der Waals surface area contributed by atoms with Crippen molar-refractivity contribution in [2.45, 2.75) is 6.42 Å². The third-order valence-corrected chi connectivity index (χ3v) is 2.04. The molecule has 0 spiro atoms. The van der Waals surface area contributed by atoms with Gasteiger partial charge in [0.05, 0.1) is 10.0 Å². The molecule has 0 heterocycles. The molecule has 16 heavy (non-hydrogen) atoms. The highest BCUT2D eigenvalue weighted by molar-refractivity contribution is 6.37. The standard InChI is InChI=1S/C9H5Cl2FO4/c10-5-1-4(12)2-6(11)9(5)16-8(15)3-7(13)14/h1-2H,3H2,(H,13,14). The number of carboxylic acids is 1. The van der Waals surface area contributed by atoms with E-state index in [0.717, 1.165) is 12.1 Å². The van der Waals surface area contributed by atoms with Crippen LogP contribution < -0.4 is 4.74 Å². The molecule has 1 aromatic carbocycles. The Bertz CT molecular complexity index is 424. The van der Waals surface area contributed by atoms with E-state index in [0.29, 0.717) is 0 Å². The molecule has 0 aliphatic rings. The smallest absolute Gasteiger partial charge is 0.322 e. The zero-order valence-corrected chi connectivity index (χ0v) is 9.18. The summed E-state index contributed by atoms with van der Waals surface area (Å²) in [4.78, 5) is 21.2. The van der Waals surface area contributed by atoms with Crippen molar-refractivity contribution in [2.24, 2.45) is 0 Å². The number of carbonyl (C=O) groups is 2. The summed E-state index contributed by atoms with van der Waals surface area (Å²) in [5.74, 6) is -3.33. The van der Waals surface area contributed by atoms with Gasteiger partial charge in [0.15, 0.2) is 5.75 Å². The van der Waals surface area contributed by atoms with Crippen LogP contribution in [-0.4, -0.2) is 17.0 Å². The molecule has 0 aromatic heterocycles. The Balaban J connectivity index is 2.89. The van der Waals surface area contributed by atoms with E-state index in [4.69, 9.17) is 28.3 Å². The molecule has 0 saturated carbocycles. The normalized spacial score (nSPS) is 9.94. The summed E-state index contributed by atoms with van der Waals surface area (Å²) in [6.07, 6.45) is -0.829. The van der Waals surface area contributed by atoms with E-state index in [2.05, 4.69) is 4.74 Å². The van der Waals surface area contributed by atoms with Gasteiger partial charge in [-0.1, -0.05) is 23.2 Å². The van der Waals surface area contributed by atoms with E-state index in [9.17, 15) is 14.0 Å². The summed E-state index contributed by atoms with van der Waals surface area (Å²) in [7, 11) is 0. The second-order valence-electron chi connectivity index (χ2n) is 2.74. The summed E-state index contributed by atoms with van der Waals surface area (Å²) >= 11 is 11.1. The second kappa shape index (κ2) is 5.14. The highest BCUT2D eigenvalue weighted by atomic mass is 35.5. The number of aliphatic carboxylic acids is 1. The zero-order chi connectivity index (χ0) is 12.3. The monoisotopic (exact) mass is 266 g/mol. The van der Waals surface area contributed by atoms with E-state index < -0.39 is 24.2 Å². The van der Waals surface area contributed by atoms with Crippen molar-refractivity contribution in [1.29, 1.82) is 0 Å². The van der Waals surface area contributed by atoms with Crippen LogP contribution in [0.2, 0.25) is 10.0 Å². The summed E-state index contributed by atoms with van der Waals surface area (Å²) < 4.78 is 17.3. The summed E-state index contributed by atoms with van der Waals surface area (Å²) in [5, 5.41) is 7.91. The lowest BCUT2D eigenvalue weighted by Gasteiger charge is -2.06. The molecule has 0 unspecified atom stereocenters. The minimum absolute atomic E-state index is 0.205. The van der Waals surface area contributed by atoms with Crippen molar-refractivity contribution in [2.75, 3.05) is 0 Å². The van der Waals surface area contributed by atoms with Crippen LogP contribution in [0.1, 0.15) is 6.42 Å². The molecule has 0 bridgehead atoms. The van der Waals surface area contributed by atoms with Gasteiger partial charge in [0.1, 0.15) is 12.2 Å². The third-order valence-electron chi connectivity index (χ3n) is 1.47. The molecule has 0 fully saturated rings. The molecule has 0 atom stereocenters. The van der Waals surface area contributed by atoms with E-state index in [1.54, 1.807) is 0 Å². The number of esters is 1. The van der Waals surface area contributed by atoms with Crippen LogP contribution in [0.15, 0.2) is 12.1 Å². The molecule has 1 rings (SSSR count). The van der Waals surface area contributed by atoms with Gasteiger partial charge < -0.3 is 9.84 Å². The summed E-state index contributed by atoms with van der Waals surface area (Å²) in [6.45, 7) is 0. The van der Waals surface area contributed by atoms with Gasteiger partial charge >= 0.3 is 11.9 Å². The zero-order valence-electron chi connectivity index (χ0n) is 7.67. The van der Waals surface area contributed by atoms with E-state index in [1.807, 2.05) is 0 Å². The molecule has 0 aliphatic carbocycles. The molecule has 0 amide bonds. The average Bonchev–Trinajstić information content (AvgIpc) is 2.09. The topological polar surface area (TPSA) is 63.6 Å². The second-order valence-corrected chi connectivity index (χ2v) is 3.56. The lowest BCUT2D eigenvalue weighted by Crippen LogP contribution is -2.13. The number of carbonyl (C=O) groups excluding carboxylic acids is 1. The lowest BCUT2D eigenvalue weighted by molar-refractivity contribution is -0.145. The van der Waals surface area contributed by atoms with E-state index in [1.165, 1.54) is 0 Å². The van der Waals surface area contributed by atoms with Gasteiger partial charge in [-0.3, -0.25) is 9.59 Å². The molecular weight excluding hydrogens is 262 g/mol. The molecule has 4 nitrogen and oxygen atoms in total. The maximum atomic E-state index is 12.8. The fourth-order valence-corrected chi connectivity index (χ4v) is 1.44. The molecule has 86 valence electrons. The Labute approximate surface area is 99.5 Å². The Morgan fingerprint density at radius 3 is 2.25 bits per heavy atom. The predicted octanol–water partition coefficient (Wildman–Crippen LogP) is 2.51. The first-order valence-corrected chi connectivity index (χ1v) is 4.72. The lowest BCUT2D eigenvalue weighted by atomic mass is 10.3. The Morgan fingerprint density at radius 1 is 1.31 bits per heavy atom. The van der Waals surface area contributed by atoms with Crippen LogP contribution in [0.5, 0.6) is 5.75 Å². The Morgan fingerprint density at radius 2 is 1.81 bits per heavy atom. The summed E-state index contributed by atoms with van der Waals surface area (Å²) in [5.41, 5.74) is 0. The number of carboxylic acid groups (broad SMARTS) is 1. The van der Waals surface area contributed by atoms with Gasteiger partial charge in [0.2, 0.25) is 0 Å². The van der Waals surface area contributed by atoms with Gasteiger partial charge in [-0.05, 0) is 12.1 Å². The number of rotatable bonds is 3. The minimum Gasteiger partial charge on any atom is -0.481 e. The number of ether oxygens (including phenoxy) is 1. The number of hydrogen-bond acceptors (Lipinski definition) is 3. The van der Waals surface area contributed by atoms with Crippen LogP contribution in [0.3, 0.4) is 0 Å². The van der Waals surface area contributed by atoms with Crippen molar-refractivity contribution in [1.82, 2.24) is 0 Å². The Kier molecular flexibility index (Phi) is 4.09. The predicted molar refractivity (Wildman–Crippen MR) is 54.3 cm³/mol. The Hall–Kier alpha value is -1.33. The van der Waals surface area contributed by atoms with Crippen LogP contribution >= 0.6 is 23.2 Å². The highest BCUT2D eigenvalue weighted by Crippen LogP contribution is 2.33. The maximum Gasteiger partial charge on any atom is 0.322 e. The fourth-order valence-electron chi connectivity index (χ4n) is 0.900. The van der Waals surface area contributed by atoms with Gasteiger partial charge in [-0.15, -0.1) is 0 Å². The first-order valence-electron chi connectivity index (χ1n) is 3.97. The third kappa shape index (κ3) is 3.36. The SMILES string of the molecule is O=C(O)CC(=O)Oc1c(Cl)cc(F)cc1Cl. The average molecular weight is 267 g/mol. The first kappa shape index (κ1) is 12.7. The van der Waals surface area contributed by atoms with Crippen LogP contribution in [0, 0.1) is 5.82 Å². The quantitative estimate of drug-likeness (QED) is 0.519. The van der Waals surface area contributed by atoms with Gasteiger partial charge in [-0.2, -0.15) is 0 Å².